The van der Waals surface area contributed by atoms with E-state index < -0.39 is 0 Å². The molecule has 2 nitrogen and oxygen atoms in total. The molecule has 1 fully saturated rings. The molecule has 17 heavy (non-hydrogen) atoms. The Morgan fingerprint density at radius 3 is 2.82 bits per heavy atom. The smallest absolute Gasteiger partial charge is 0.119 e. The van der Waals surface area contributed by atoms with Gasteiger partial charge in [-0.2, -0.15) is 0 Å². The minimum atomic E-state index is 0.413. The Labute approximate surface area is 104 Å². The molecule has 1 saturated carbocycles. The second-order valence-electron chi connectivity index (χ2n) is 4.86. The molecular formula is C15H23NO. The Bertz CT molecular complexity index is 345. The quantitative estimate of drug-likeness (QED) is 0.815. The summed E-state index contributed by atoms with van der Waals surface area (Å²) >= 11 is 0. The van der Waals surface area contributed by atoms with Gasteiger partial charge in [0.2, 0.25) is 0 Å². The predicted octanol–water partition coefficient (Wildman–Crippen LogP) is 3.16. The Morgan fingerprint density at radius 1 is 1.29 bits per heavy atom. The van der Waals surface area contributed by atoms with Gasteiger partial charge in [-0.25, -0.2) is 0 Å². The number of hydrogen-bond acceptors (Lipinski definition) is 2. The number of ether oxygens (including phenoxy) is 1. The van der Waals surface area contributed by atoms with Gasteiger partial charge in [0, 0.05) is 6.04 Å². The Hall–Kier alpha value is -1.02. The van der Waals surface area contributed by atoms with Crippen molar-refractivity contribution in [2.24, 2.45) is 0 Å². The van der Waals surface area contributed by atoms with Crippen molar-refractivity contribution in [1.29, 1.82) is 0 Å². The molecule has 0 heterocycles. The number of rotatable bonds is 6. The van der Waals surface area contributed by atoms with Gasteiger partial charge >= 0.3 is 0 Å². The van der Waals surface area contributed by atoms with E-state index in [2.05, 4.69) is 43.4 Å². The molecule has 0 unspecified atom stereocenters. The third kappa shape index (κ3) is 3.47. The molecular weight excluding hydrogens is 210 g/mol. The van der Waals surface area contributed by atoms with Crippen LogP contribution in [0.5, 0.6) is 5.75 Å². The fraction of sp³-hybridized carbons (Fsp3) is 0.600. The van der Waals surface area contributed by atoms with E-state index in [1.807, 2.05) is 0 Å². The molecule has 1 aliphatic carbocycles. The number of aryl methyl sites for hydroxylation is 1. The second-order valence-corrected chi connectivity index (χ2v) is 4.86. The van der Waals surface area contributed by atoms with Gasteiger partial charge in [-0.1, -0.05) is 26.0 Å². The number of nitrogens with one attached hydrogen (secondary N) is 1. The highest BCUT2D eigenvalue weighted by molar-refractivity contribution is 5.28. The Morgan fingerprint density at radius 2 is 2.12 bits per heavy atom. The monoisotopic (exact) mass is 233 g/mol. The standard InChI is InChI=1S/C15H23NO/c1-3-8-16-13-10-15(11-13)17-14-7-5-6-12(4-2)9-14/h5-7,9,13,15-16H,3-4,8,10-11H2,1-2H3. The summed E-state index contributed by atoms with van der Waals surface area (Å²) in [5.41, 5.74) is 1.35. The maximum atomic E-state index is 5.96. The first kappa shape index (κ1) is 12.4. The lowest BCUT2D eigenvalue weighted by Gasteiger charge is -2.36. The zero-order valence-corrected chi connectivity index (χ0v) is 10.9. The topological polar surface area (TPSA) is 21.3 Å². The van der Waals surface area contributed by atoms with Crippen molar-refractivity contribution in [1.82, 2.24) is 5.32 Å². The zero-order valence-electron chi connectivity index (χ0n) is 10.9. The molecule has 1 aliphatic rings. The molecule has 94 valence electrons. The third-order valence-corrected chi connectivity index (χ3v) is 3.39. The minimum absolute atomic E-state index is 0.413. The maximum Gasteiger partial charge on any atom is 0.119 e. The summed E-state index contributed by atoms with van der Waals surface area (Å²) in [5, 5.41) is 3.53. The van der Waals surface area contributed by atoms with Crippen molar-refractivity contribution >= 4 is 0 Å². The number of benzene rings is 1. The van der Waals surface area contributed by atoms with Gasteiger partial charge in [-0.05, 0) is 49.9 Å². The van der Waals surface area contributed by atoms with E-state index in [1.165, 1.54) is 12.0 Å². The zero-order chi connectivity index (χ0) is 12.1. The van der Waals surface area contributed by atoms with Gasteiger partial charge in [0.05, 0.1) is 0 Å². The van der Waals surface area contributed by atoms with Crippen LogP contribution in [0, 0.1) is 0 Å². The summed E-state index contributed by atoms with van der Waals surface area (Å²) in [7, 11) is 0. The van der Waals surface area contributed by atoms with Crippen LogP contribution in [0.2, 0.25) is 0 Å². The lowest BCUT2D eigenvalue weighted by atomic mass is 9.89. The minimum Gasteiger partial charge on any atom is -0.490 e. The van der Waals surface area contributed by atoms with Crippen LogP contribution in [0.1, 0.15) is 38.7 Å². The molecule has 0 bridgehead atoms. The summed E-state index contributed by atoms with van der Waals surface area (Å²) in [4.78, 5) is 0. The maximum absolute atomic E-state index is 5.96. The Kier molecular flexibility index (Phi) is 4.43. The summed E-state index contributed by atoms with van der Waals surface area (Å²) in [6.45, 7) is 5.51. The molecule has 0 spiro atoms. The van der Waals surface area contributed by atoms with Crippen molar-refractivity contribution in [3.63, 3.8) is 0 Å². The van der Waals surface area contributed by atoms with Crippen LogP contribution >= 0.6 is 0 Å². The molecule has 0 aromatic heterocycles. The fourth-order valence-corrected chi connectivity index (χ4v) is 2.21. The van der Waals surface area contributed by atoms with Crippen LogP contribution in [-0.2, 0) is 6.42 Å². The van der Waals surface area contributed by atoms with Crippen LogP contribution in [-0.4, -0.2) is 18.7 Å². The van der Waals surface area contributed by atoms with Gasteiger partial charge in [-0.3, -0.25) is 0 Å². The van der Waals surface area contributed by atoms with E-state index in [9.17, 15) is 0 Å². The average Bonchev–Trinajstić information content (AvgIpc) is 2.32. The van der Waals surface area contributed by atoms with Gasteiger partial charge in [0.1, 0.15) is 11.9 Å². The van der Waals surface area contributed by atoms with Crippen LogP contribution in [0.3, 0.4) is 0 Å². The molecule has 1 aromatic rings. The first-order valence-corrected chi connectivity index (χ1v) is 6.80. The number of hydrogen-bond donors (Lipinski definition) is 1. The molecule has 0 atom stereocenters. The molecule has 0 amide bonds. The van der Waals surface area contributed by atoms with Crippen molar-refractivity contribution in [2.45, 2.75) is 51.7 Å². The average molecular weight is 233 g/mol. The van der Waals surface area contributed by atoms with E-state index in [-0.39, 0.29) is 0 Å². The highest BCUT2D eigenvalue weighted by Gasteiger charge is 2.30. The molecule has 2 heteroatoms. The highest BCUT2D eigenvalue weighted by Crippen LogP contribution is 2.26. The largest absolute Gasteiger partial charge is 0.490 e. The van der Waals surface area contributed by atoms with Crippen molar-refractivity contribution in [3.8, 4) is 5.75 Å². The second kappa shape index (κ2) is 6.06. The van der Waals surface area contributed by atoms with Crippen LogP contribution in [0.4, 0.5) is 0 Å². The van der Waals surface area contributed by atoms with Crippen molar-refractivity contribution in [3.05, 3.63) is 29.8 Å². The normalized spacial score (nSPS) is 23.2. The molecule has 0 radical (unpaired) electrons. The van der Waals surface area contributed by atoms with E-state index >= 15 is 0 Å². The van der Waals surface area contributed by atoms with Gasteiger partial charge < -0.3 is 10.1 Å². The van der Waals surface area contributed by atoms with E-state index in [1.54, 1.807) is 0 Å². The van der Waals surface area contributed by atoms with Gasteiger partial charge in [0.25, 0.3) is 0 Å². The van der Waals surface area contributed by atoms with Crippen molar-refractivity contribution < 1.29 is 4.74 Å². The van der Waals surface area contributed by atoms with E-state index in [4.69, 9.17) is 4.74 Å². The summed E-state index contributed by atoms with van der Waals surface area (Å²) in [6.07, 6.45) is 4.99. The molecule has 1 aromatic carbocycles. The summed E-state index contributed by atoms with van der Waals surface area (Å²) < 4.78 is 5.96. The van der Waals surface area contributed by atoms with Gasteiger partial charge in [0.15, 0.2) is 0 Å². The third-order valence-electron chi connectivity index (χ3n) is 3.39. The summed E-state index contributed by atoms with van der Waals surface area (Å²) in [5.74, 6) is 1.03. The first-order chi connectivity index (χ1) is 8.31. The predicted molar refractivity (Wildman–Crippen MR) is 71.6 cm³/mol. The lowest BCUT2D eigenvalue weighted by molar-refractivity contribution is 0.0852. The fourth-order valence-electron chi connectivity index (χ4n) is 2.21. The molecule has 0 saturated heterocycles. The van der Waals surface area contributed by atoms with Gasteiger partial charge in [-0.15, -0.1) is 0 Å². The van der Waals surface area contributed by atoms with Crippen molar-refractivity contribution in [2.75, 3.05) is 6.54 Å². The summed E-state index contributed by atoms with van der Waals surface area (Å²) in [6, 6.07) is 9.13. The van der Waals surface area contributed by atoms with Crippen LogP contribution in [0.25, 0.3) is 0 Å². The molecule has 0 aliphatic heterocycles. The van der Waals surface area contributed by atoms with E-state index in [0.29, 0.717) is 12.1 Å². The molecule has 1 N–H and O–H groups in total. The molecule has 2 rings (SSSR count). The first-order valence-electron chi connectivity index (χ1n) is 6.80. The van der Waals surface area contributed by atoms with E-state index in [0.717, 1.165) is 31.6 Å². The lowest BCUT2D eigenvalue weighted by Crippen LogP contribution is -2.46. The highest BCUT2D eigenvalue weighted by atomic mass is 16.5. The Balaban J connectivity index is 1.75. The van der Waals surface area contributed by atoms with Crippen LogP contribution in [0.15, 0.2) is 24.3 Å². The van der Waals surface area contributed by atoms with Crippen LogP contribution < -0.4 is 10.1 Å². The SMILES string of the molecule is CCCNC1CC(Oc2cccc(CC)c2)C1.